The SMILES string of the molecule is CN(C)CC(Cl)c1cc(Cl)cc(Cl)c1. The Bertz CT molecular complexity index is 292. The number of rotatable bonds is 3. The Morgan fingerprint density at radius 2 is 1.64 bits per heavy atom. The standard InChI is InChI=1S/C10H12Cl3N/c1-14(2)6-10(13)7-3-8(11)5-9(12)4-7/h3-5,10H,6H2,1-2H3. The van der Waals surface area contributed by atoms with Crippen molar-refractivity contribution in [1.29, 1.82) is 0 Å². The highest BCUT2D eigenvalue weighted by molar-refractivity contribution is 6.35. The van der Waals surface area contributed by atoms with Crippen molar-refractivity contribution < 1.29 is 0 Å². The van der Waals surface area contributed by atoms with Crippen molar-refractivity contribution in [3.8, 4) is 0 Å². The van der Waals surface area contributed by atoms with Gasteiger partial charge in [0.05, 0.1) is 5.38 Å². The van der Waals surface area contributed by atoms with Gasteiger partial charge in [-0.1, -0.05) is 23.2 Å². The van der Waals surface area contributed by atoms with Gasteiger partial charge < -0.3 is 4.90 Å². The van der Waals surface area contributed by atoms with E-state index in [2.05, 4.69) is 0 Å². The normalized spacial score (nSPS) is 13.3. The molecular weight excluding hydrogens is 240 g/mol. The zero-order chi connectivity index (χ0) is 10.7. The topological polar surface area (TPSA) is 3.24 Å². The average Bonchev–Trinajstić information content (AvgIpc) is 2.00. The highest BCUT2D eigenvalue weighted by atomic mass is 35.5. The van der Waals surface area contributed by atoms with Gasteiger partial charge in [-0.05, 0) is 37.9 Å². The van der Waals surface area contributed by atoms with Crippen LogP contribution in [0.4, 0.5) is 0 Å². The van der Waals surface area contributed by atoms with Crippen molar-refractivity contribution in [3.63, 3.8) is 0 Å². The summed E-state index contributed by atoms with van der Waals surface area (Å²) in [5.74, 6) is 0. The summed E-state index contributed by atoms with van der Waals surface area (Å²) in [6.07, 6.45) is 0. The summed E-state index contributed by atoms with van der Waals surface area (Å²) in [6, 6.07) is 5.38. The molecule has 1 aromatic rings. The molecule has 0 heterocycles. The Kier molecular flexibility index (Phi) is 4.52. The maximum absolute atomic E-state index is 6.19. The van der Waals surface area contributed by atoms with Crippen molar-refractivity contribution in [2.75, 3.05) is 20.6 Å². The molecule has 0 bridgehead atoms. The van der Waals surface area contributed by atoms with Gasteiger partial charge in [0.15, 0.2) is 0 Å². The summed E-state index contributed by atoms with van der Waals surface area (Å²) in [5.41, 5.74) is 0.956. The van der Waals surface area contributed by atoms with E-state index in [1.54, 1.807) is 6.07 Å². The number of hydrogen-bond donors (Lipinski definition) is 0. The molecule has 14 heavy (non-hydrogen) atoms. The van der Waals surface area contributed by atoms with Gasteiger partial charge in [0, 0.05) is 16.6 Å². The number of hydrogen-bond acceptors (Lipinski definition) is 1. The number of nitrogens with zero attached hydrogens (tertiary/aromatic N) is 1. The zero-order valence-corrected chi connectivity index (χ0v) is 10.4. The minimum atomic E-state index is -0.0822. The van der Waals surface area contributed by atoms with E-state index in [9.17, 15) is 0 Å². The molecule has 0 fully saturated rings. The van der Waals surface area contributed by atoms with Crippen LogP contribution in [0.3, 0.4) is 0 Å². The average molecular weight is 253 g/mol. The van der Waals surface area contributed by atoms with Gasteiger partial charge in [-0.25, -0.2) is 0 Å². The van der Waals surface area contributed by atoms with Crippen LogP contribution in [-0.4, -0.2) is 25.5 Å². The molecule has 1 aromatic carbocycles. The van der Waals surface area contributed by atoms with Crippen LogP contribution >= 0.6 is 34.8 Å². The van der Waals surface area contributed by atoms with E-state index in [0.29, 0.717) is 10.0 Å². The third-order valence-electron chi connectivity index (χ3n) is 1.77. The smallest absolute Gasteiger partial charge is 0.0713 e. The van der Waals surface area contributed by atoms with E-state index < -0.39 is 0 Å². The molecule has 78 valence electrons. The molecule has 4 heteroatoms. The first-order valence-electron chi connectivity index (χ1n) is 4.24. The molecule has 0 aliphatic rings. The molecule has 1 unspecified atom stereocenters. The van der Waals surface area contributed by atoms with Crippen LogP contribution in [0, 0.1) is 0 Å². The van der Waals surface area contributed by atoms with Crippen molar-refractivity contribution >= 4 is 34.8 Å². The van der Waals surface area contributed by atoms with E-state index in [-0.39, 0.29) is 5.38 Å². The predicted octanol–water partition coefficient (Wildman–Crippen LogP) is 3.83. The van der Waals surface area contributed by atoms with Crippen LogP contribution in [0.1, 0.15) is 10.9 Å². The monoisotopic (exact) mass is 251 g/mol. The van der Waals surface area contributed by atoms with Crippen LogP contribution in [0.15, 0.2) is 18.2 Å². The molecule has 1 nitrogen and oxygen atoms in total. The number of alkyl halides is 1. The van der Waals surface area contributed by atoms with E-state index in [4.69, 9.17) is 34.8 Å². The number of likely N-dealkylation sites (N-methyl/N-ethyl adjacent to an activating group) is 1. The first-order chi connectivity index (χ1) is 6.49. The molecule has 0 radical (unpaired) electrons. The lowest BCUT2D eigenvalue weighted by molar-refractivity contribution is 0.408. The van der Waals surface area contributed by atoms with Gasteiger partial charge in [0.25, 0.3) is 0 Å². The third kappa shape index (κ3) is 3.66. The summed E-state index contributed by atoms with van der Waals surface area (Å²) in [6.45, 7) is 0.762. The molecule has 1 rings (SSSR count). The molecule has 0 aliphatic heterocycles. The highest BCUT2D eigenvalue weighted by Crippen LogP contribution is 2.27. The molecule has 0 N–H and O–H groups in total. The maximum atomic E-state index is 6.19. The summed E-state index contributed by atoms with van der Waals surface area (Å²) in [7, 11) is 3.95. The van der Waals surface area contributed by atoms with Gasteiger partial charge in [-0.3, -0.25) is 0 Å². The largest absolute Gasteiger partial charge is 0.308 e. The molecule has 0 spiro atoms. The molecular formula is C10H12Cl3N. The fraction of sp³-hybridized carbons (Fsp3) is 0.400. The lowest BCUT2D eigenvalue weighted by Gasteiger charge is -2.15. The second kappa shape index (κ2) is 5.22. The quantitative estimate of drug-likeness (QED) is 0.739. The van der Waals surface area contributed by atoms with E-state index in [1.807, 2.05) is 31.1 Å². The highest BCUT2D eigenvalue weighted by Gasteiger charge is 2.10. The minimum Gasteiger partial charge on any atom is -0.308 e. The summed E-state index contributed by atoms with van der Waals surface area (Å²) in [4.78, 5) is 2.02. The van der Waals surface area contributed by atoms with Crippen molar-refractivity contribution in [3.05, 3.63) is 33.8 Å². The molecule has 0 aliphatic carbocycles. The van der Waals surface area contributed by atoms with Crippen LogP contribution in [0.2, 0.25) is 10.0 Å². The van der Waals surface area contributed by atoms with Crippen molar-refractivity contribution in [1.82, 2.24) is 4.90 Å². The Hall–Kier alpha value is 0.0500. The van der Waals surface area contributed by atoms with Crippen LogP contribution in [0.25, 0.3) is 0 Å². The fourth-order valence-corrected chi connectivity index (χ4v) is 2.13. The lowest BCUT2D eigenvalue weighted by Crippen LogP contribution is -2.17. The molecule has 0 amide bonds. The number of halogens is 3. The number of benzene rings is 1. The second-order valence-corrected chi connectivity index (χ2v) is 4.83. The second-order valence-electron chi connectivity index (χ2n) is 3.43. The van der Waals surface area contributed by atoms with Crippen LogP contribution in [0.5, 0.6) is 0 Å². The van der Waals surface area contributed by atoms with Gasteiger partial charge in [0.2, 0.25) is 0 Å². The van der Waals surface area contributed by atoms with Crippen LogP contribution < -0.4 is 0 Å². The van der Waals surface area contributed by atoms with Gasteiger partial charge >= 0.3 is 0 Å². The van der Waals surface area contributed by atoms with Crippen molar-refractivity contribution in [2.24, 2.45) is 0 Å². The first kappa shape index (κ1) is 12.1. The predicted molar refractivity (Wildman–Crippen MR) is 63.6 cm³/mol. The molecule has 0 saturated carbocycles. The van der Waals surface area contributed by atoms with Gasteiger partial charge in [0.1, 0.15) is 0 Å². The Morgan fingerprint density at radius 1 is 1.14 bits per heavy atom. The Balaban J connectivity index is 2.84. The summed E-state index contributed by atoms with van der Waals surface area (Å²) < 4.78 is 0. The van der Waals surface area contributed by atoms with Gasteiger partial charge in [-0.15, -0.1) is 11.6 Å². The van der Waals surface area contributed by atoms with Crippen molar-refractivity contribution in [2.45, 2.75) is 5.38 Å². The third-order valence-corrected chi connectivity index (χ3v) is 2.60. The Labute approximate surface area is 99.6 Å². The molecule has 0 aromatic heterocycles. The molecule has 0 saturated heterocycles. The van der Waals surface area contributed by atoms with Crippen LogP contribution in [-0.2, 0) is 0 Å². The lowest BCUT2D eigenvalue weighted by atomic mass is 10.1. The van der Waals surface area contributed by atoms with E-state index >= 15 is 0 Å². The summed E-state index contributed by atoms with van der Waals surface area (Å²) >= 11 is 17.9. The minimum absolute atomic E-state index is 0.0822. The Morgan fingerprint density at radius 3 is 2.07 bits per heavy atom. The first-order valence-corrected chi connectivity index (χ1v) is 5.43. The fourth-order valence-electron chi connectivity index (χ4n) is 1.18. The summed E-state index contributed by atoms with van der Waals surface area (Å²) in [5, 5.41) is 1.16. The van der Waals surface area contributed by atoms with E-state index in [0.717, 1.165) is 12.1 Å². The molecule has 1 atom stereocenters. The van der Waals surface area contributed by atoms with E-state index in [1.165, 1.54) is 0 Å². The maximum Gasteiger partial charge on any atom is 0.0713 e. The van der Waals surface area contributed by atoms with Gasteiger partial charge in [-0.2, -0.15) is 0 Å². The zero-order valence-electron chi connectivity index (χ0n) is 8.10.